The summed E-state index contributed by atoms with van der Waals surface area (Å²) < 4.78 is 0. The lowest BCUT2D eigenvalue weighted by molar-refractivity contribution is 0.0960. The zero-order chi connectivity index (χ0) is 23.9. The van der Waals surface area contributed by atoms with E-state index in [1.54, 1.807) is 0 Å². The Labute approximate surface area is 205 Å². The van der Waals surface area contributed by atoms with Crippen molar-refractivity contribution in [1.82, 2.24) is 4.90 Å². The van der Waals surface area contributed by atoms with Crippen LogP contribution in [-0.2, 0) is 0 Å². The average molecular weight is 452 g/mol. The van der Waals surface area contributed by atoms with Crippen molar-refractivity contribution >= 4 is 0 Å². The normalized spacial score (nSPS) is 12.2. The number of hydrogen-bond donors (Lipinski definition) is 0. The van der Waals surface area contributed by atoms with Crippen LogP contribution in [-0.4, -0.2) is 23.0 Å². The van der Waals surface area contributed by atoms with Gasteiger partial charge >= 0.3 is 0 Å². The van der Waals surface area contributed by atoms with Crippen LogP contribution < -0.4 is 0 Å². The number of rotatable bonds is 25. The highest BCUT2D eigenvalue weighted by Gasteiger charge is 2.23. The molecule has 0 N–H and O–H groups in total. The molecule has 32 heavy (non-hydrogen) atoms. The lowest BCUT2D eigenvalue weighted by Crippen LogP contribution is -2.45. The minimum Gasteiger partial charge on any atom is -0.296 e. The average Bonchev–Trinajstić information content (AvgIpc) is 2.75. The largest absolute Gasteiger partial charge is 0.296 e. The van der Waals surface area contributed by atoms with Crippen LogP contribution in [0.3, 0.4) is 0 Å². The highest BCUT2D eigenvalue weighted by Crippen LogP contribution is 2.23. The van der Waals surface area contributed by atoms with Gasteiger partial charge in [-0.25, -0.2) is 0 Å². The summed E-state index contributed by atoms with van der Waals surface area (Å²) in [7, 11) is 0. The lowest BCUT2D eigenvalue weighted by atomic mass is 9.96. The molecule has 0 unspecified atom stereocenters. The van der Waals surface area contributed by atoms with Gasteiger partial charge in [-0.2, -0.15) is 0 Å². The van der Waals surface area contributed by atoms with E-state index in [-0.39, 0.29) is 0 Å². The molecule has 1 heteroatoms. The maximum atomic E-state index is 2.82. The minimum atomic E-state index is 0.672. The molecule has 0 saturated heterocycles. The molecule has 0 heterocycles. The number of hydrogen-bond acceptors (Lipinski definition) is 1. The second-order valence-corrected chi connectivity index (χ2v) is 11.2. The predicted octanol–water partition coefficient (Wildman–Crippen LogP) is 11.1. The van der Waals surface area contributed by atoms with Gasteiger partial charge in [-0.15, -0.1) is 0 Å². The Hall–Kier alpha value is -0.0400. The van der Waals surface area contributed by atoms with Crippen LogP contribution in [0, 0.1) is 0 Å². The van der Waals surface area contributed by atoms with Gasteiger partial charge in [0.2, 0.25) is 0 Å². The first kappa shape index (κ1) is 32.0. The maximum Gasteiger partial charge on any atom is 0.0101 e. The maximum absolute atomic E-state index is 2.82. The molecule has 0 rings (SSSR count). The Morgan fingerprint density at radius 3 is 0.875 bits per heavy atom. The van der Waals surface area contributed by atoms with Crippen molar-refractivity contribution in [3.8, 4) is 0 Å². The Morgan fingerprint density at radius 1 is 0.375 bits per heavy atom. The van der Waals surface area contributed by atoms with Gasteiger partial charge in [0.15, 0.2) is 0 Å². The summed E-state index contributed by atoms with van der Waals surface area (Å²) >= 11 is 0. The van der Waals surface area contributed by atoms with Crippen molar-refractivity contribution in [1.29, 1.82) is 0 Å². The number of unbranched alkanes of at least 4 members (excludes halogenated alkanes) is 18. The number of nitrogens with zero attached hydrogens (tertiary/aromatic N) is 1. The van der Waals surface area contributed by atoms with Gasteiger partial charge in [-0.3, -0.25) is 4.90 Å². The molecule has 0 aliphatic heterocycles. The highest BCUT2D eigenvalue weighted by molar-refractivity contribution is 4.78. The Bertz CT molecular complexity index is 316. The van der Waals surface area contributed by atoms with Gasteiger partial charge in [0.1, 0.15) is 0 Å². The SMILES string of the molecule is CCCCCCCCCCCCC(CCCCCCCCCCCC)N(C(C)C)C(C)C. The molecule has 0 aromatic carbocycles. The van der Waals surface area contributed by atoms with Crippen LogP contribution in [0.1, 0.15) is 183 Å². The summed E-state index contributed by atoms with van der Waals surface area (Å²) in [5.41, 5.74) is 0. The quantitative estimate of drug-likeness (QED) is 0.125. The second-order valence-electron chi connectivity index (χ2n) is 11.2. The molecule has 0 aliphatic carbocycles. The van der Waals surface area contributed by atoms with Gasteiger partial charge < -0.3 is 0 Å². The molecular formula is C31H65N. The van der Waals surface area contributed by atoms with Crippen molar-refractivity contribution in [3.05, 3.63) is 0 Å². The summed E-state index contributed by atoms with van der Waals surface area (Å²) in [5.74, 6) is 0. The molecule has 0 bridgehead atoms. The van der Waals surface area contributed by atoms with E-state index in [4.69, 9.17) is 0 Å². The van der Waals surface area contributed by atoms with Crippen LogP contribution >= 0.6 is 0 Å². The molecular weight excluding hydrogens is 386 g/mol. The van der Waals surface area contributed by atoms with Gasteiger partial charge in [-0.05, 0) is 40.5 Å². The summed E-state index contributed by atoms with van der Waals surface area (Å²) in [5, 5.41) is 0. The van der Waals surface area contributed by atoms with E-state index in [1.165, 1.54) is 141 Å². The van der Waals surface area contributed by atoms with Gasteiger partial charge in [0, 0.05) is 18.1 Å². The molecule has 0 radical (unpaired) electrons. The molecule has 194 valence electrons. The van der Waals surface area contributed by atoms with Crippen molar-refractivity contribution in [2.45, 2.75) is 201 Å². The fourth-order valence-corrected chi connectivity index (χ4v) is 5.62. The highest BCUT2D eigenvalue weighted by atomic mass is 15.2. The van der Waals surface area contributed by atoms with Crippen molar-refractivity contribution in [2.75, 3.05) is 0 Å². The van der Waals surface area contributed by atoms with E-state index in [2.05, 4.69) is 46.4 Å². The van der Waals surface area contributed by atoms with Gasteiger partial charge in [0.05, 0.1) is 0 Å². The Kier molecular flexibility index (Phi) is 24.1. The summed E-state index contributed by atoms with van der Waals surface area (Å²) in [6, 6.07) is 2.15. The zero-order valence-corrected chi connectivity index (χ0v) is 23.7. The standard InChI is InChI=1S/C31H65N/c1-7-9-11-13-15-17-19-21-23-25-27-31(32(29(3)4)30(5)6)28-26-24-22-20-18-16-14-12-10-8-2/h29-31H,7-28H2,1-6H3. The zero-order valence-electron chi connectivity index (χ0n) is 23.7. The lowest BCUT2D eigenvalue weighted by Gasteiger charge is -2.38. The van der Waals surface area contributed by atoms with Crippen molar-refractivity contribution < 1.29 is 0 Å². The molecule has 0 aliphatic rings. The topological polar surface area (TPSA) is 3.24 Å². The Balaban J connectivity index is 4.02. The molecule has 0 aromatic heterocycles. The van der Waals surface area contributed by atoms with Crippen LogP contribution in [0.2, 0.25) is 0 Å². The van der Waals surface area contributed by atoms with E-state index >= 15 is 0 Å². The van der Waals surface area contributed by atoms with E-state index in [9.17, 15) is 0 Å². The molecule has 0 aromatic rings. The third-order valence-corrected chi connectivity index (χ3v) is 7.40. The molecule has 1 nitrogen and oxygen atoms in total. The van der Waals surface area contributed by atoms with E-state index in [0.717, 1.165) is 6.04 Å². The molecule has 0 saturated carbocycles. The van der Waals surface area contributed by atoms with E-state index < -0.39 is 0 Å². The predicted molar refractivity (Wildman–Crippen MR) is 149 cm³/mol. The van der Waals surface area contributed by atoms with Gasteiger partial charge in [0.25, 0.3) is 0 Å². The van der Waals surface area contributed by atoms with Crippen molar-refractivity contribution in [3.63, 3.8) is 0 Å². The molecule has 0 fully saturated rings. The molecule has 0 spiro atoms. The smallest absolute Gasteiger partial charge is 0.0101 e. The first-order chi connectivity index (χ1) is 15.5. The molecule has 0 atom stereocenters. The van der Waals surface area contributed by atoms with Crippen LogP contribution in [0.15, 0.2) is 0 Å². The fourth-order valence-electron chi connectivity index (χ4n) is 5.62. The Morgan fingerprint density at radius 2 is 0.625 bits per heavy atom. The third-order valence-electron chi connectivity index (χ3n) is 7.40. The van der Waals surface area contributed by atoms with E-state index in [1.807, 2.05) is 0 Å². The van der Waals surface area contributed by atoms with Crippen molar-refractivity contribution in [2.24, 2.45) is 0 Å². The summed E-state index contributed by atoms with van der Waals surface area (Å²) in [4.78, 5) is 2.82. The van der Waals surface area contributed by atoms with E-state index in [0.29, 0.717) is 12.1 Å². The van der Waals surface area contributed by atoms with Crippen LogP contribution in [0.25, 0.3) is 0 Å². The molecule has 0 amide bonds. The minimum absolute atomic E-state index is 0.672. The third kappa shape index (κ3) is 19.4. The first-order valence-corrected chi connectivity index (χ1v) is 15.3. The van der Waals surface area contributed by atoms with Crippen LogP contribution in [0.5, 0.6) is 0 Å². The van der Waals surface area contributed by atoms with Gasteiger partial charge in [-0.1, -0.05) is 142 Å². The summed E-state index contributed by atoms with van der Waals surface area (Å²) in [6.45, 7) is 14.2. The summed E-state index contributed by atoms with van der Waals surface area (Å²) in [6.07, 6.45) is 31.8. The second kappa shape index (κ2) is 24.1. The first-order valence-electron chi connectivity index (χ1n) is 15.3. The van der Waals surface area contributed by atoms with Crippen LogP contribution in [0.4, 0.5) is 0 Å². The monoisotopic (exact) mass is 452 g/mol. The fraction of sp³-hybridized carbons (Fsp3) is 1.00.